The van der Waals surface area contributed by atoms with Crippen molar-refractivity contribution < 1.29 is 22.8 Å². The molecule has 2 aromatic carbocycles. The molecule has 0 bridgehead atoms. The Bertz CT molecular complexity index is 1560. The minimum Gasteiger partial charge on any atom is -0.349 e. The van der Waals surface area contributed by atoms with Gasteiger partial charge in [0.2, 0.25) is 0 Å². The minimum atomic E-state index is -4.86. The molecule has 4 aromatic rings. The fraction of sp³-hybridized carbons (Fsp3) is 0.0833. The number of alkyl halides is 3. The van der Waals surface area contributed by atoms with Gasteiger partial charge < -0.3 is 10.6 Å². The number of hydrogen-bond donors (Lipinski definition) is 2. The van der Waals surface area contributed by atoms with Gasteiger partial charge >= 0.3 is 6.18 Å². The van der Waals surface area contributed by atoms with E-state index in [0.717, 1.165) is 4.47 Å². The quantitative estimate of drug-likeness (QED) is 0.238. The molecule has 0 atom stereocenters. The lowest BCUT2D eigenvalue weighted by atomic mass is 10.0. The van der Waals surface area contributed by atoms with Gasteiger partial charge in [-0.3, -0.25) is 9.59 Å². The van der Waals surface area contributed by atoms with Gasteiger partial charge in [-0.25, -0.2) is 9.67 Å². The van der Waals surface area contributed by atoms with E-state index in [1.807, 2.05) is 0 Å². The number of carbonyl (C=O) groups excluding carboxylic acids is 2. The Kier molecular flexibility index (Phi) is 7.58. The van der Waals surface area contributed by atoms with Crippen LogP contribution < -0.4 is 10.6 Å². The van der Waals surface area contributed by atoms with Crippen molar-refractivity contribution in [2.24, 2.45) is 0 Å². The molecule has 0 aliphatic heterocycles. The van der Waals surface area contributed by atoms with Gasteiger partial charge in [-0.05, 0) is 35.7 Å². The van der Waals surface area contributed by atoms with E-state index in [1.54, 1.807) is 18.2 Å². The molecule has 7 nitrogen and oxygen atoms in total. The van der Waals surface area contributed by atoms with Gasteiger partial charge in [-0.2, -0.15) is 18.3 Å². The lowest BCUT2D eigenvalue weighted by Crippen LogP contribution is -2.26. The molecular weight excluding hydrogens is 598 g/mol. The number of halogens is 6. The summed E-state index contributed by atoms with van der Waals surface area (Å²) in [4.78, 5) is 30.2. The molecule has 13 heteroatoms. The molecule has 0 radical (unpaired) electrons. The molecular formula is C24H15BrCl2F3N5O2. The average molecular weight is 613 g/mol. The molecule has 0 saturated carbocycles. The predicted molar refractivity (Wildman–Crippen MR) is 139 cm³/mol. The van der Waals surface area contributed by atoms with E-state index in [4.69, 9.17) is 23.2 Å². The van der Waals surface area contributed by atoms with E-state index in [-0.39, 0.29) is 33.7 Å². The fourth-order valence-corrected chi connectivity index (χ4v) is 4.35. The third-order valence-electron chi connectivity index (χ3n) is 5.10. The van der Waals surface area contributed by atoms with Crippen LogP contribution in [-0.2, 0) is 6.18 Å². The first-order valence-electron chi connectivity index (χ1n) is 10.4. The zero-order valence-corrected chi connectivity index (χ0v) is 21.6. The SMILES string of the molecule is C=CCNC(=O)c1cc2cc(Br)ccc2c(Cl)c1NC(=O)c1cc(C(F)(F)F)nn1-c1ncccc1Cl. The number of anilines is 1. The third kappa shape index (κ3) is 5.48. The molecule has 0 aliphatic rings. The summed E-state index contributed by atoms with van der Waals surface area (Å²) in [6, 6.07) is 10.0. The Balaban J connectivity index is 1.86. The van der Waals surface area contributed by atoms with Gasteiger partial charge in [0, 0.05) is 28.7 Å². The van der Waals surface area contributed by atoms with Gasteiger partial charge in [-0.1, -0.05) is 51.3 Å². The first-order chi connectivity index (χ1) is 17.5. The first-order valence-corrected chi connectivity index (χ1v) is 12.0. The second-order valence-electron chi connectivity index (χ2n) is 7.56. The molecule has 0 unspecified atom stereocenters. The molecule has 2 N–H and O–H groups in total. The van der Waals surface area contributed by atoms with Crippen LogP contribution >= 0.6 is 39.1 Å². The van der Waals surface area contributed by atoms with Crippen molar-refractivity contribution in [3.63, 3.8) is 0 Å². The maximum atomic E-state index is 13.5. The zero-order valence-electron chi connectivity index (χ0n) is 18.5. The van der Waals surface area contributed by atoms with Crippen molar-refractivity contribution >= 4 is 67.4 Å². The van der Waals surface area contributed by atoms with Crippen molar-refractivity contribution in [2.75, 3.05) is 11.9 Å². The van der Waals surface area contributed by atoms with Crippen molar-refractivity contribution in [3.8, 4) is 5.82 Å². The summed E-state index contributed by atoms with van der Waals surface area (Å²) in [6.45, 7) is 3.67. The van der Waals surface area contributed by atoms with Crippen LogP contribution in [0.5, 0.6) is 0 Å². The second kappa shape index (κ2) is 10.5. The van der Waals surface area contributed by atoms with Gasteiger partial charge in [0.25, 0.3) is 11.8 Å². The Morgan fingerprint density at radius 2 is 1.89 bits per heavy atom. The van der Waals surface area contributed by atoms with Gasteiger partial charge in [0.15, 0.2) is 11.5 Å². The molecule has 0 fully saturated rings. The van der Waals surface area contributed by atoms with Crippen LogP contribution in [0.3, 0.4) is 0 Å². The topological polar surface area (TPSA) is 88.9 Å². The Hall–Kier alpha value is -3.41. The van der Waals surface area contributed by atoms with Gasteiger partial charge in [-0.15, -0.1) is 6.58 Å². The van der Waals surface area contributed by atoms with E-state index in [2.05, 4.69) is 43.2 Å². The lowest BCUT2D eigenvalue weighted by molar-refractivity contribution is -0.141. The Morgan fingerprint density at radius 3 is 2.57 bits per heavy atom. The largest absolute Gasteiger partial charge is 0.435 e. The summed E-state index contributed by atoms with van der Waals surface area (Å²) >= 11 is 16.1. The van der Waals surface area contributed by atoms with Crippen molar-refractivity contribution in [2.45, 2.75) is 6.18 Å². The number of amides is 2. The Labute approximate surface area is 226 Å². The number of benzene rings is 2. The lowest BCUT2D eigenvalue weighted by Gasteiger charge is -2.16. The number of hydrogen-bond acceptors (Lipinski definition) is 4. The van der Waals surface area contributed by atoms with Crippen molar-refractivity contribution in [1.82, 2.24) is 20.1 Å². The van der Waals surface area contributed by atoms with Gasteiger partial charge in [0.05, 0.1) is 21.3 Å². The molecule has 190 valence electrons. The van der Waals surface area contributed by atoms with Crippen molar-refractivity contribution in [1.29, 1.82) is 0 Å². The van der Waals surface area contributed by atoms with E-state index in [0.29, 0.717) is 21.5 Å². The molecule has 2 aromatic heterocycles. The summed E-state index contributed by atoms with van der Waals surface area (Å²) in [5, 5.41) is 9.67. The summed E-state index contributed by atoms with van der Waals surface area (Å²) in [5.41, 5.74) is -1.98. The molecule has 37 heavy (non-hydrogen) atoms. The second-order valence-corrected chi connectivity index (χ2v) is 9.27. The summed E-state index contributed by atoms with van der Waals surface area (Å²) < 4.78 is 41.9. The highest BCUT2D eigenvalue weighted by atomic mass is 79.9. The molecule has 0 aliphatic carbocycles. The summed E-state index contributed by atoms with van der Waals surface area (Å²) in [5.74, 6) is -1.81. The summed E-state index contributed by atoms with van der Waals surface area (Å²) in [7, 11) is 0. The van der Waals surface area contributed by atoms with Crippen molar-refractivity contribution in [3.05, 3.63) is 92.8 Å². The first kappa shape index (κ1) is 26.6. The molecule has 2 heterocycles. The average Bonchev–Trinajstić information content (AvgIpc) is 3.30. The van der Waals surface area contributed by atoms with Crippen LogP contribution in [0.1, 0.15) is 26.5 Å². The Morgan fingerprint density at radius 1 is 1.14 bits per heavy atom. The molecule has 0 saturated heterocycles. The van der Waals surface area contributed by atoms with E-state index >= 15 is 0 Å². The highest BCUT2D eigenvalue weighted by Crippen LogP contribution is 2.37. The number of pyridine rings is 1. The fourth-order valence-electron chi connectivity index (χ4n) is 3.45. The number of carbonyl (C=O) groups is 2. The third-order valence-corrected chi connectivity index (χ3v) is 6.28. The number of nitrogens with one attached hydrogen (secondary N) is 2. The van der Waals surface area contributed by atoms with Crippen LogP contribution in [-0.4, -0.2) is 33.1 Å². The van der Waals surface area contributed by atoms with Crippen LogP contribution in [0.15, 0.2) is 65.8 Å². The number of nitrogens with zero attached hydrogens (tertiary/aromatic N) is 3. The van der Waals surface area contributed by atoms with Crippen LogP contribution in [0.25, 0.3) is 16.6 Å². The molecule has 0 spiro atoms. The van der Waals surface area contributed by atoms with Crippen LogP contribution in [0.2, 0.25) is 10.0 Å². The highest BCUT2D eigenvalue weighted by Gasteiger charge is 2.37. The number of aromatic nitrogens is 3. The van der Waals surface area contributed by atoms with Crippen LogP contribution in [0.4, 0.5) is 18.9 Å². The normalized spacial score (nSPS) is 11.4. The number of fused-ring (bicyclic) bond motifs is 1. The van der Waals surface area contributed by atoms with E-state index in [9.17, 15) is 22.8 Å². The standard InChI is InChI=1S/C24H15BrCl2F3N5O2/c1-2-7-32-22(36)15-10-12-9-13(25)5-6-14(12)19(27)20(15)33-23(37)17-11-18(24(28,29)30)34-35(17)21-16(26)4-3-8-31-21/h2-6,8-11H,1,7H2,(H,32,36)(H,33,37). The number of rotatable bonds is 6. The van der Waals surface area contributed by atoms with Crippen LogP contribution in [0, 0.1) is 0 Å². The van der Waals surface area contributed by atoms with Gasteiger partial charge in [0.1, 0.15) is 5.69 Å². The smallest absolute Gasteiger partial charge is 0.349 e. The minimum absolute atomic E-state index is 0.0104. The maximum Gasteiger partial charge on any atom is 0.435 e. The highest BCUT2D eigenvalue weighted by molar-refractivity contribution is 9.10. The maximum absolute atomic E-state index is 13.5. The van der Waals surface area contributed by atoms with E-state index < -0.39 is 29.4 Å². The molecule has 4 rings (SSSR count). The summed E-state index contributed by atoms with van der Waals surface area (Å²) in [6.07, 6.45) is -2.10. The zero-order chi connectivity index (χ0) is 26.9. The molecule has 2 amide bonds. The monoisotopic (exact) mass is 611 g/mol. The predicted octanol–water partition coefficient (Wildman–Crippen LogP) is 6.68. The van der Waals surface area contributed by atoms with E-state index in [1.165, 1.54) is 30.5 Å².